The first-order valence-corrected chi connectivity index (χ1v) is 7.41. The quantitative estimate of drug-likeness (QED) is 0.598. The van der Waals surface area contributed by atoms with Crippen molar-refractivity contribution in [1.29, 1.82) is 0 Å². The maximum atomic E-state index is 12.0. The normalized spacial score (nSPS) is 17.1. The lowest BCUT2D eigenvalue weighted by molar-refractivity contribution is -0.240. The van der Waals surface area contributed by atoms with E-state index >= 15 is 0 Å². The molecule has 1 saturated carbocycles. The van der Waals surface area contributed by atoms with Crippen molar-refractivity contribution in [3.63, 3.8) is 0 Å². The van der Waals surface area contributed by atoms with Gasteiger partial charge in [-0.1, -0.05) is 31.0 Å². The molecule has 1 aliphatic carbocycles. The summed E-state index contributed by atoms with van der Waals surface area (Å²) in [6.45, 7) is 6.13. The van der Waals surface area contributed by atoms with Gasteiger partial charge in [0.15, 0.2) is 0 Å². The molecule has 3 heteroatoms. The lowest BCUT2D eigenvalue weighted by atomic mass is 9.86. The first-order valence-electron chi connectivity index (χ1n) is 7.41. The molecule has 1 aliphatic rings. The van der Waals surface area contributed by atoms with Crippen molar-refractivity contribution in [2.24, 2.45) is 5.92 Å². The van der Waals surface area contributed by atoms with E-state index < -0.39 is 5.97 Å². The number of hydrogen-bond donors (Lipinski definition) is 0. The van der Waals surface area contributed by atoms with E-state index in [0.29, 0.717) is 5.56 Å². The highest BCUT2D eigenvalue weighted by atomic mass is 17.2. The molecule has 3 nitrogen and oxygen atoms in total. The zero-order chi connectivity index (χ0) is 14.5. The Morgan fingerprint density at radius 2 is 1.95 bits per heavy atom. The van der Waals surface area contributed by atoms with Gasteiger partial charge in [-0.2, -0.15) is 4.89 Å². The molecule has 0 atom stereocenters. The summed E-state index contributed by atoms with van der Waals surface area (Å²) in [5, 5.41) is 0. The van der Waals surface area contributed by atoms with Gasteiger partial charge in [0.05, 0.1) is 5.56 Å². The van der Waals surface area contributed by atoms with E-state index in [1.165, 1.54) is 6.42 Å². The number of carbonyl (C=O) groups is 1. The highest BCUT2D eigenvalue weighted by Gasteiger charge is 2.24. The topological polar surface area (TPSA) is 35.5 Å². The van der Waals surface area contributed by atoms with Crippen LogP contribution in [0.2, 0.25) is 0 Å². The largest absolute Gasteiger partial charge is 0.373 e. The summed E-state index contributed by atoms with van der Waals surface area (Å²) in [6, 6.07) is 5.66. The van der Waals surface area contributed by atoms with E-state index in [9.17, 15) is 4.79 Å². The monoisotopic (exact) mass is 275 g/mol. The molecule has 0 aromatic heterocycles. The van der Waals surface area contributed by atoms with Crippen molar-refractivity contribution < 1.29 is 14.6 Å². The summed E-state index contributed by atoms with van der Waals surface area (Å²) in [4.78, 5) is 22.2. The van der Waals surface area contributed by atoms with Gasteiger partial charge in [-0.3, -0.25) is 4.89 Å². The van der Waals surface area contributed by atoms with Gasteiger partial charge in [0.25, 0.3) is 0 Å². The Morgan fingerprint density at radius 1 is 1.25 bits per heavy atom. The second-order valence-corrected chi connectivity index (χ2v) is 5.66. The number of rotatable bonds is 4. The fraction of sp³-hybridized carbons (Fsp3) is 0.529. The van der Waals surface area contributed by atoms with Crippen molar-refractivity contribution >= 4 is 5.97 Å². The van der Waals surface area contributed by atoms with Crippen molar-refractivity contribution in [1.82, 2.24) is 0 Å². The predicted octanol–water partition coefficient (Wildman–Crippen LogP) is 4.52. The molecule has 0 spiro atoms. The van der Waals surface area contributed by atoms with Crippen LogP contribution in [0.1, 0.15) is 60.5 Å². The third kappa shape index (κ3) is 3.83. The molecule has 0 unspecified atom stereocenters. The molecular weight excluding hydrogens is 252 g/mol. The molecular formula is C17H23O3. The van der Waals surface area contributed by atoms with E-state index in [1.807, 2.05) is 26.0 Å². The Bertz CT molecular complexity index is 459. The number of aryl methyl sites for hydroxylation is 2. The molecule has 0 saturated heterocycles. The van der Waals surface area contributed by atoms with Crippen molar-refractivity contribution in [3.05, 3.63) is 41.0 Å². The van der Waals surface area contributed by atoms with Crippen LogP contribution in [0.15, 0.2) is 18.2 Å². The Morgan fingerprint density at radius 3 is 2.55 bits per heavy atom. The van der Waals surface area contributed by atoms with Gasteiger partial charge < -0.3 is 0 Å². The van der Waals surface area contributed by atoms with E-state index in [1.54, 1.807) is 6.07 Å². The van der Waals surface area contributed by atoms with Crippen molar-refractivity contribution in [2.45, 2.75) is 52.9 Å². The van der Waals surface area contributed by atoms with Crippen LogP contribution in [-0.4, -0.2) is 5.97 Å². The lowest BCUT2D eigenvalue weighted by Gasteiger charge is -2.25. The first kappa shape index (κ1) is 15.0. The average molecular weight is 275 g/mol. The van der Waals surface area contributed by atoms with Gasteiger partial charge in [0.2, 0.25) is 0 Å². The molecule has 0 amide bonds. The maximum Gasteiger partial charge on any atom is 0.373 e. The van der Waals surface area contributed by atoms with E-state index in [0.717, 1.165) is 48.8 Å². The fourth-order valence-corrected chi connectivity index (χ4v) is 2.68. The van der Waals surface area contributed by atoms with Crippen LogP contribution in [-0.2, 0) is 9.78 Å². The van der Waals surface area contributed by atoms with Gasteiger partial charge in [0, 0.05) is 0 Å². The van der Waals surface area contributed by atoms with Gasteiger partial charge in [-0.15, -0.1) is 0 Å². The Kier molecular flexibility index (Phi) is 5.18. The van der Waals surface area contributed by atoms with E-state index in [4.69, 9.17) is 9.78 Å². The molecule has 20 heavy (non-hydrogen) atoms. The minimum atomic E-state index is -0.410. The third-order valence-electron chi connectivity index (χ3n) is 4.08. The summed E-state index contributed by atoms with van der Waals surface area (Å²) in [5.74, 6) is 0.380. The van der Waals surface area contributed by atoms with Crippen LogP contribution in [0.4, 0.5) is 0 Å². The smallest absolute Gasteiger partial charge is 0.292 e. The van der Waals surface area contributed by atoms with Crippen LogP contribution in [0.25, 0.3) is 0 Å². The fourth-order valence-electron chi connectivity index (χ4n) is 2.68. The van der Waals surface area contributed by atoms with Crippen LogP contribution in [0, 0.1) is 25.9 Å². The molecule has 1 fully saturated rings. The standard InChI is InChI=1S/C17H23O3/c1-4-14-6-8-15(9-7-14)19-20-17(18)16-10-5-12(2)11-13(16)3/h5,10-11,14H,4,6-9H2,1-3H3. The van der Waals surface area contributed by atoms with Gasteiger partial charge in [-0.25, -0.2) is 4.79 Å². The number of benzene rings is 1. The van der Waals surface area contributed by atoms with Crippen molar-refractivity contribution in [2.75, 3.05) is 0 Å². The average Bonchev–Trinajstić information content (AvgIpc) is 2.45. The maximum absolute atomic E-state index is 12.0. The zero-order valence-electron chi connectivity index (χ0n) is 12.6. The number of hydrogen-bond acceptors (Lipinski definition) is 3. The molecule has 0 N–H and O–H groups in total. The highest BCUT2D eigenvalue weighted by Crippen LogP contribution is 2.32. The second-order valence-electron chi connectivity index (χ2n) is 5.66. The molecule has 2 rings (SSSR count). The number of carbonyl (C=O) groups excluding carboxylic acids is 1. The van der Waals surface area contributed by atoms with Crippen LogP contribution in [0.5, 0.6) is 0 Å². The molecule has 0 aliphatic heterocycles. The minimum Gasteiger partial charge on any atom is -0.292 e. The summed E-state index contributed by atoms with van der Waals surface area (Å²) in [5.41, 5.74) is 2.61. The SMILES string of the molecule is CCC1CC[C](OOC(=O)c2ccc(C)cc2C)CC1. The predicted molar refractivity (Wildman–Crippen MR) is 77.9 cm³/mol. The second kappa shape index (κ2) is 6.89. The molecule has 1 aromatic rings. The Labute approximate surface area is 121 Å². The minimum absolute atomic E-state index is 0.410. The lowest BCUT2D eigenvalue weighted by Crippen LogP contribution is -2.17. The van der Waals surface area contributed by atoms with Crippen LogP contribution >= 0.6 is 0 Å². The van der Waals surface area contributed by atoms with Crippen molar-refractivity contribution in [3.8, 4) is 0 Å². The summed E-state index contributed by atoms with van der Waals surface area (Å²) in [6.07, 6.45) is 6.18. The first-order chi connectivity index (χ1) is 9.60. The van der Waals surface area contributed by atoms with E-state index in [-0.39, 0.29) is 0 Å². The van der Waals surface area contributed by atoms with Gasteiger partial charge in [0.1, 0.15) is 6.10 Å². The Balaban J connectivity index is 1.83. The van der Waals surface area contributed by atoms with Crippen LogP contribution in [0.3, 0.4) is 0 Å². The highest BCUT2D eigenvalue weighted by molar-refractivity contribution is 5.90. The molecule has 1 radical (unpaired) electrons. The molecule has 0 heterocycles. The van der Waals surface area contributed by atoms with Gasteiger partial charge in [-0.05, 0) is 57.1 Å². The summed E-state index contributed by atoms with van der Waals surface area (Å²) < 4.78 is 0. The third-order valence-corrected chi connectivity index (χ3v) is 4.08. The molecule has 109 valence electrons. The Hall–Kier alpha value is -1.35. The molecule has 0 bridgehead atoms. The molecule has 1 aromatic carbocycles. The zero-order valence-corrected chi connectivity index (χ0v) is 12.6. The van der Waals surface area contributed by atoms with Gasteiger partial charge >= 0.3 is 5.97 Å². The summed E-state index contributed by atoms with van der Waals surface area (Å²) in [7, 11) is 0. The van der Waals surface area contributed by atoms with Crippen LogP contribution < -0.4 is 0 Å². The van der Waals surface area contributed by atoms with E-state index in [2.05, 4.69) is 6.92 Å². The summed E-state index contributed by atoms with van der Waals surface area (Å²) >= 11 is 0.